The average Bonchev–Trinajstić information content (AvgIpc) is 2.19. The lowest BCUT2D eigenvalue weighted by Gasteiger charge is -2.06. The second-order valence-corrected chi connectivity index (χ2v) is 2.68. The van der Waals surface area contributed by atoms with E-state index < -0.39 is 23.2 Å². The summed E-state index contributed by atoms with van der Waals surface area (Å²) in [6.45, 7) is 1.17. The Bertz CT molecular complexity index is 405. The van der Waals surface area contributed by atoms with E-state index in [-0.39, 0.29) is 11.1 Å². The van der Waals surface area contributed by atoms with Crippen molar-refractivity contribution in [2.45, 2.75) is 6.92 Å². The molecule has 76 valence electrons. The van der Waals surface area contributed by atoms with E-state index in [4.69, 9.17) is 10.9 Å². The summed E-state index contributed by atoms with van der Waals surface area (Å²) in [5.41, 5.74) is 4.39. The number of phenols is 1. The molecule has 0 saturated carbocycles. The van der Waals surface area contributed by atoms with Crippen molar-refractivity contribution in [3.05, 3.63) is 28.8 Å². The number of halogens is 2. The number of oxime groups is 1. The van der Waals surface area contributed by atoms with Gasteiger partial charge in [0.25, 0.3) is 0 Å². The van der Waals surface area contributed by atoms with Gasteiger partial charge in [-0.3, -0.25) is 0 Å². The number of nitrogens with two attached hydrogens (primary N) is 1. The van der Waals surface area contributed by atoms with Crippen LogP contribution in [0.15, 0.2) is 11.2 Å². The molecule has 0 bridgehead atoms. The van der Waals surface area contributed by atoms with Crippen LogP contribution in [0.1, 0.15) is 11.1 Å². The number of phenolic OH excluding ortho intramolecular Hbond substituents is 1. The monoisotopic (exact) mass is 202 g/mol. The van der Waals surface area contributed by atoms with Crippen molar-refractivity contribution in [3.63, 3.8) is 0 Å². The van der Waals surface area contributed by atoms with Gasteiger partial charge in [0, 0.05) is 5.56 Å². The molecule has 0 heterocycles. The lowest BCUT2D eigenvalue weighted by atomic mass is 10.1. The molecule has 4 N–H and O–H groups in total. The normalized spacial score (nSPS) is 11.8. The van der Waals surface area contributed by atoms with Gasteiger partial charge in [-0.15, -0.1) is 0 Å². The van der Waals surface area contributed by atoms with Crippen molar-refractivity contribution < 1.29 is 19.1 Å². The first-order valence-corrected chi connectivity index (χ1v) is 3.64. The van der Waals surface area contributed by atoms with Crippen LogP contribution < -0.4 is 5.73 Å². The van der Waals surface area contributed by atoms with E-state index in [9.17, 15) is 13.9 Å². The summed E-state index contributed by atoms with van der Waals surface area (Å²) in [4.78, 5) is 0. The number of amidine groups is 1. The van der Waals surface area contributed by atoms with E-state index in [0.717, 1.165) is 6.07 Å². The molecule has 6 heteroatoms. The number of nitrogens with zero attached hydrogens (tertiary/aromatic N) is 1. The van der Waals surface area contributed by atoms with Crippen LogP contribution in [-0.2, 0) is 0 Å². The Hall–Kier alpha value is -1.85. The Labute approximate surface area is 78.3 Å². The second kappa shape index (κ2) is 3.49. The molecule has 0 radical (unpaired) electrons. The molecule has 0 unspecified atom stereocenters. The van der Waals surface area contributed by atoms with E-state index in [1.165, 1.54) is 6.92 Å². The Balaban J connectivity index is 3.48. The smallest absolute Gasteiger partial charge is 0.174 e. The van der Waals surface area contributed by atoms with Gasteiger partial charge in [0.2, 0.25) is 0 Å². The molecular formula is C8H8F2N2O2. The molecule has 0 fully saturated rings. The zero-order valence-corrected chi connectivity index (χ0v) is 7.25. The van der Waals surface area contributed by atoms with E-state index in [1.54, 1.807) is 0 Å². The molecule has 0 aromatic heterocycles. The van der Waals surface area contributed by atoms with Gasteiger partial charge in [0.05, 0.1) is 5.56 Å². The van der Waals surface area contributed by atoms with Crippen molar-refractivity contribution in [1.82, 2.24) is 0 Å². The van der Waals surface area contributed by atoms with Crippen molar-refractivity contribution >= 4 is 5.84 Å². The van der Waals surface area contributed by atoms with Gasteiger partial charge in [-0.25, -0.2) is 8.78 Å². The van der Waals surface area contributed by atoms with Crippen molar-refractivity contribution in [2.75, 3.05) is 0 Å². The summed E-state index contributed by atoms with van der Waals surface area (Å²) in [5.74, 6) is -3.38. The molecule has 0 aliphatic carbocycles. The SMILES string of the molecule is Cc1c(F)cc(/C(N)=N/O)c(O)c1F. The molecule has 1 aromatic carbocycles. The molecular weight excluding hydrogens is 194 g/mol. The van der Waals surface area contributed by atoms with Crippen molar-refractivity contribution in [1.29, 1.82) is 0 Å². The molecule has 0 aliphatic heterocycles. The molecule has 14 heavy (non-hydrogen) atoms. The highest BCUT2D eigenvalue weighted by Gasteiger charge is 2.17. The van der Waals surface area contributed by atoms with Crippen LogP contribution in [0.25, 0.3) is 0 Å². The van der Waals surface area contributed by atoms with Gasteiger partial charge in [0.1, 0.15) is 5.82 Å². The minimum Gasteiger partial charge on any atom is -0.504 e. The fraction of sp³-hybridized carbons (Fsp3) is 0.125. The average molecular weight is 202 g/mol. The molecule has 0 amide bonds. The largest absolute Gasteiger partial charge is 0.504 e. The topological polar surface area (TPSA) is 78.8 Å². The maximum Gasteiger partial charge on any atom is 0.174 e. The third-order valence-electron chi connectivity index (χ3n) is 1.81. The number of aromatic hydroxyl groups is 1. The molecule has 4 nitrogen and oxygen atoms in total. The predicted molar refractivity (Wildman–Crippen MR) is 45.3 cm³/mol. The Morgan fingerprint density at radius 3 is 2.57 bits per heavy atom. The molecule has 0 aliphatic rings. The van der Waals surface area contributed by atoms with Crippen LogP contribution in [-0.4, -0.2) is 16.1 Å². The standard InChI is InChI=1S/C8H8F2N2O2/c1-3-5(9)2-4(8(11)12-14)7(13)6(3)10/h2,13-14H,1H3,(H2,11,12). The first-order chi connectivity index (χ1) is 6.49. The highest BCUT2D eigenvalue weighted by Crippen LogP contribution is 2.26. The van der Waals surface area contributed by atoms with Gasteiger partial charge in [0.15, 0.2) is 17.4 Å². The predicted octanol–water partition coefficient (Wildman–Crippen LogP) is 1.07. The number of hydrogen-bond donors (Lipinski definition) is 3. The third kappa shape index (κ3) is 1.46. The van der Waals surface area contributed by atoms with Gasteiger partial charge in [-0.2, -0.15) is 0 Å². The highest BCUT2D eigenvalue weighted by atomic mass is 19.1. The highest BCUT2D eigenvalue weighted by molar-refractivity contribution is 5.99. The van der Waals surface area contributed by atoms with Crippen LogP contribution in [0.5, 0.6) is 5.75 Å². The van der Waals surface area contributed by atoms with Crippen LogP contribution in [0.2, 0.25) is 0 Å². The van der Waals surface area contributed by atoms with Gasteiger partial charge in [-0.05, 0) is 13.0 Å². The summed E-state index contributed by atoms with van der Waals surface area (Å²) in [6, 6.07) is 0.794. The van der Waals surface area contributed by atoms with Crippen LogP contribution in [0.4, 0.5) is 8.78 Å². The minimum atomic E-state index is -1.12. The zero-order valence-electron chi connectivity index (χ0n) is 7.25. The Kier molecular flexibility index (Phi) is 2.55. The van der Waals surface area contributed by atoms with Gasteiger partial charge in [-0.1, -0.05) is 5.16 Å². The van der Waals surface area contributed by atoms with Gasteiger partial charge < -0.3 is 16.0 Å². The Morgan fingerprint density at radius 2 is 2.07 bits per heavy atom. The maximum absolute atomic E-state index is 13.1. The molecule has 1 aromatic rings. The van der Waals surface area contributed by atoms with Crippen LogP contribution >= 0.6 is 0 Å². The fourth-order valence-corrected chi connectivity index (χ4v) is 0.953. The number of benzene rings is 1. The van der Waals surface area contributed by atoms with Crippen molar-refractivity contribution in [2.24, 2.45) is 10.9 Å². The summed E-state index contributed by atoms with van der Waals surface area (Å²) in [7, 11) is 0. The minimum absolute atomic E-state index is 0.322. The van der Waals surface area contributed by atoms with Crippen molar-refractivity contribution in [3.8, 4) is 5.75 Å². The van der Waals surface area contributed by atoms with Crippen LogP contribution in [0, 0.1) is 18.6 Å². The molecule has 0 saturated heterocycles. The summed E-state index contributed by atoms with van der Waals surface area (Å²) >= 11 is 0. The summed E-state index contributed by atoms with van der Waals surface area (Å²) in [5, 5.41) is 20.0. The lowest BCUT2D eigenvalue weighted by Crippen LogP contribution is -2.14. The quantitative estimate of drug-likeness (QED) is 0.276. The zero-order chi connectivity index (χ0) is 10.9. The number of rotatable bonds is 1. The molecule has 0 spiro atoms. The first-order valence-electron chi connectivity index (χ1n) is 3.64. The maximum atomic E-state index is 13.1. The van der Waals surface area contributed by atoms with Crippen LogP contribution in [0.3, 0.4) is 0 Å². The first kappa shape index (κ1) is 10.2. The fourth-order valence-electron chi connectivity index (χ4n) is 0.953. The summed E-state index contributed by atoms with van der Waals surface area (Å²) in [6.07, 6.45) is 0. The molecule has 1 rings (SSSR count). The lowest BCUT2D eigenvalue weighted by molar-refractivity contribution is 0.318. The third-order valence-corrected chi connectivity index (χ3v) is 1.81. The van der Waals surface area contributed by atoms with E-state index >= 15 is 0 Å². The summed E-state index contributed by atoms with van der Waals surface area (Å²) < 4.78 is 26.0. The van der Waals surface area contributed by atoms with Gasteiger partial charge >= 0.3 is 0 Å². The van der Waals surface area contributed by atoms with E-state index in [0.29, 0.717) is 0 Å². The van der Waals surface area contributed by atoms with E-state index in [1.807, 2.05) is 0 Å². The second-order valence-electron chi connectivity index (χ2n) is 2.68. The van der Waals surface area contributed by atoms with E-state index in [2.05, 4.69) is 5.16 Å². The Morgan fingerprint density at radius 1 is 1.50 bits per heavy atom. The molecule has 0 atom stereocenters. The number of hydrogen-bond acceptors (Lipinski definition) is 3.